The van der Waals surface area contributed by atoms with Gasteiger partial charge in [-0.15, -0.1) is 0 Å². The van der Waals surface area contributed by atoms with Crippen LogP contribution in [0.25, 0.3) is 6.08 Å². The molecule has 8 heteroatoms. The number of benzene rings is 1. The smallest absolute Gasteiger partial charge is 0.330 e. The molecular formula is C13H13NO7. The number of hydrogen-bond donors (Lipinski definition) is 0. The molecule has 0 aliphatic carbocycles. The third-order valence-electron chi connectivity index (χ3n) is 2.71. The van der Waals surface area contributed by atoms with E-state index in [-0.39, 0.29) is 41.9 Å². The van der Waals surface area contributed by atoms with Gasteiger partial charge in [-0.3, -0.25) is 10.1 Å². The molecule has 1 heterocycles. The molecule has 1 aliphatic heterocycles. The van der Waals surface area contributed by atoms with Crippen LogP contribution in [-0.2, 0) is 9.53 Å². The van der Waals surface area contributed by atoms with E-state index in [0.29, 0.717) is 0 Å². The normalized spacial score (nSPS) is 12.5. The van der Waals surface area contributed by atoms with Crippen LogP contribution in [0.1, 0.15) is 12.5 Å². The number of nitro benzene ring substituents is 1. The van der Waals surface area contributed by atoms with Crippen molar-refractivity contribution in [3.05, 3.63) is 27.8 Å². The van der Waals surface area contributed by atoms with E-state index in [9.17, 15) is 14.9 Å². The fourth-order valence-corrected chi connectivity index (χ4v) is 1.87. The van der Waals surface area contributed by atoms with Gasteiger partial charge in [-0.05, 0) is 13.0 Å². The maximum absolute atomic E-state index is 11.4. The summed E-state index contributed by atoms with van der Waals surface area (Å²) in [5, 5.41) is 11.2. The van der Waals surface area contributed by atoms with E-state index >= 15 is 0 Å². The Balaban J connectivity index is 2.51. The highest BCUT2D eigenvalue weighted by molar-refractivity contribution is 5.89. The Morgan fingerprint density at radius 2 is 2.29 bits per heavy atom. The first kappa shape index (κ1) is 14.6. The number of nitrogens with zero attached hydrogens (tertiary/aromatic N) is 1. The molecule has 0 atom stereocenters. The van der Waals surface area contributed by atoms with Gasteiger partial charge >= 0.3 is 5.97 Å². The summed E-state index contributed by atoms with van der Waals surface area (Å²) < 4.78 is 20.3. The van der Waals surface area contributed by atoms with Crippen LogP contribution in [0.3, 0.4) is 0 Å². The van der Waals surface area contributed by atoms with Crippen LogP contribution in [0.5, 0.6) is 17.2 Å². The highest BCUT2D eigenvalue weighted by Gasteiger charge is 2.29. The molecule has 0 radical (unpaired) electrons. The molecule has 0 unspecified atom stereocenters. The lowest BCUT2D eigenvalue weighted by Gasteiger charge is -2.09. The van der Waals surface area contributed by atoms with Gasteiger partial charge in [0.05, 0.1) is 30.3 Å². The van der Waals surface area contributed by atoms with E-state index in [1.165, 1.54) is 19.3 Å². The molecule has 0 amide bonds. The van der Waals surface area contributed by atoms with Crippen LogP contribution in [0, 0.1) is 10.1 Å². The second-order valence-electron chi connectivity index (χ2n) is 3.92. The highest BCUT2D eigenvalue weighted by Crippen LogP contribution is 2.47. The van der Waals surface area contributed by atoms with Crippen molar-refractivity contribution < 1.29 is 28.7 Å². The standard InChI is InChI=1S/C13H13NO7/c1-3-19-11(15)5-4-8-9(14(16)17)6-10-13(12(8)18-2)21-7-20-10/h4-6H,3,7H2,1-2H3/b5-4+. The maximum Gasteiger partial charge on any atom is 0.330 e. The summed E-state index contributed by atoms with van der Waals surface area (Å²) >= 11 is 0. The van der Waals surface area contributed by atoms with Crippen LogP contribution in [0.4, 0.5) is 5.69 Å². The first-order chi connectivity index (χ1) is 10.1. The first-order valence-electron chi connectivity index (χ1n) is 6.08. The van der Waals surface area contributed by atoms with Crippen molar-refractivity contribution in [1.29, 1.82) is 0 Å². The molecule has 8 nitrogen and oxygen atoms in total. The molecule has 2 rings (SSSR count). The minimum Gasteiger partial charge on any atom is -0.492 e. The first-order valence-corrected chi connectivity index (χ1v) is 6.08. The highest BCUT2D eigenvalue weighted by atomic mass is 16.7. The number of nitro groups is 1. The van der Waals surface area contributed by atoms with Crippen LogP contribution < -0.4 is 14.2 Å². The summed E-state index contributed by atoms with van der Waals surface area (Å²) in [4.78, 5) is 21.9. The summed E-state index contributed by atoms with van der Waals surface area (Å²) in [7, 11) is 1.35. The van der Waals surface area contributed by atoms with E-state index in [2.05, 4.69) is 0 Å². The molecule has 0 spiro atoms. The van der Waals surface area contributed by atoms with Crippen molar-refractivity contribution in [2.75, 3.05) is 20.5 Å². The topological polar surface area (TPSA) is 97.1 Å². The van der Waals surface area contributed by atoms with Gasteiger partial charge < -0.3 is 18.9 Å². The lowest BCUT2D eigenvalue weighted by molar-refractivity contribution is -0.385. The van der Waals surface area contributed by atoms with Gasteiger partial charge in [0.2, 0.25) is 12.5 Å². The molecule has 0 N–H and O–H groups in total. The third-order valence-corrected chi connectivity index (χ3v) is 2.71. The minimum absolute atomic E-state index is 0.0477. The summed E-state index contributed by atoms with van der Waals surface area (Å²) in [6.45, 7) is 1.83. The summed E-state index contributed by atoms with van der Waals surface area (Å²) in [5.74, 6) is 0.0298. The Kier molecular flexibility index (Phi) is 4.27. The van der Waals surface area contributed by atoms with E-state index < -0.39 is 10.9 Å². The minimum atomic E-state index is -0.605. The molecule has 112 valence electrons. The van der Waals surface area contributed by atoms with Gasteiger partial charge in [0.1, 0.15) is 0 Å². The van der Waals surface area contributed by atoms with Gasteiger partial charge in [-0.1, -0.05) is 0 Å². The third kappa shape index (κ3) is 2.88. The van der Waals surface area contributed by atoms with Gasteiger partial charge in [0.15, 0.2) is 11.5 Å². The molecule has 1 aromatic carbocycles. The monoisotopic (exact) mass is 295 g/mol. The molecule has 21 heavy (non-hydrogen) atoms. The van der Waals surface area contributed by atoms with Crippen LogP contribution >= 0.6 is 0 Å². The zero-order valence-corrected chi connectivity index (χ0v) is 11.5. The summed E-state index contributed by atoms with van der Waals surface area (Å²) in [6, 6.07) is 1.23. The van der Waals surface area contributed by atoms with Gasteiger partial charge in [-0.25, -0.2) is 4.79 Å². The number of methoxy groups -OCH3 is 1. The molecular weight excluding hydrogens is 282 g/mol. The number of hydrogen-bond acceptors (Lipinski definition) is 7. The Morgan fingerprint density at radius 3 is 2.90 bits per heavy atom. The Labute approximate surface area is 120 Å². The predicted molar refractivity (Wildman–Crippen MR) is 71.4 cm³/mol. The predicted octanol–water partition coefficient (Wildman–Crippen LogP) is 1.91. The Hall–Kier alpha value is -2.77. The fraction of sp³-hybridized carbons (Fsp3) is 0.308. The van der Waals surface area contributed by atoms with Crippen LogP contribution in [0.2, 0.25) is 0 Å². The lowest BCUT2D eigenvalue weighted by atomic mass is 10.1. The molecule has 1 aromatic rings. The van der Waals surface area contributed by atoms with Crippen molar-refractivity contribution in [2.45, 2.75) is 6.92 Å². The summed E-state index contributed by atoms with van der Waals surface area (Å²) in [6.07, 6.45) is 2.35. The van der Waals surface area contributed by atoms with Crippen molar-refractivity contribution >= 4 is 17.7 Å². The number of fused-ring (bicyclic) bond motifs is 1. The molecule has 0 aromatic heterocycles. The van der Waals surface area contributed by atoms with Gasteiger partial charge in [0, 0.05) is 6.08 Å². The van der Waals surface area contributed by atoms with Crippen LogP contribution in [0.15, 0.2) is 12.1 Å². The van der Waals surface area contributed by atoms with Gasteiger partial charge in [0.25, 0.3) is 5.69 Å². The lowest BCUT2D eigenvalue weighted by Crippen LogP contribution is -2.00. The van der Waals surface area contributed by atoms with Crippen molar-refractivity contribution in [2.24, 2.45) is 0 Å². The second kappa shape index (κ2) is 6.12. The fourth-order valence-electron chi connectivity index (χ4n) is 1.87. The zero-order valence-electron chi connectivity index (χ0n) is 11.5. The van der Waals surface area contributed by atoms with Crippen molar-refractivity contribution in [3.63, 3.8) is 0 Å². The largest absolute Gasteiger partial charge is 0.492 e. The summed E-state index contributed by atoms with van der Waals surface area (Å²) in [5.41, 5.74) is -0.142. The number of rotatable bonds is 5. The molecule has 0 saturated heterocycles. The molecule has 0 fully saturated rings. The molecule has 0 saturated carbocycles. The number of esters is 1. The second-order valence-corrected chi connectivity index (χ2v) is 3.92. The van der Waals surface area contributed by atoms with Gasteiger partial charge in [-0.2, -0.15) is 0 Å². The number of ether oxygens (including phenoxy) is 4. The number of carbonyl (C=O) groups is 1. The van der Waals surface area contributed by atoms with E-state index in [1.54, 1.807) is 6.92 Å². The zero-order chi connectivity index (χ0) is 15.4. The average molecular weight is 295 g/mol. The van der Waals surface area contributed by atoms with E-state index in [1.807, 2.05) is 0 Å². The van der Waals surface area contributed by atoms with E-state index in [4.69, 9.17) is 18.9 Å². The van der Waals surface area contributed by atoms with Crippen molar-refractivity contribution in [1.82, 2.24) is 0 Å². The maximum atomic E-state index is 11.4. The molecule has 0 bridgehead atoms. The Morgan fingerprint density at radius 1 is 1.52 bits per heavy atom. The van der Waals surface area contributed by atoms with E-state index in [0.717, 1.165) is 6.08 Å². The quantitative estimate of drug-likeness (QED) is 0.354. The Bertz CT molecular complexity index is 609. The SMILES string of the molecule is CCOC(=O)/C=C/c1c([N+](=O)[O-])cc2c(c1OC)OCO2. The average Bonchev–Trinajstić information content (AvgIpc) is 2.91. The van der Waals surface area contributed by atoms with Crippen molar-refractivity contribution in [3.8, 4) is 17.2 Å². The van der Waals surface area contributed by atoms with Crippen LogP contribution in [-0.4, -0.2) is 31.4 Å². The molecule has 1 aliphatic rings. The number of carbonyl (C=O) groups excluding carboxylic acids is 1.